The van der Waals surface area contributed by atoms with Crippen LogP contribution in [0.25, 0.3) is 11.6 Å². The summed E-state index contributed by atoms with van der Waals surface area (Å²) in [5.74, 6) is 4.78. The number of aliphatic hydroxyl groups is 2. The molecule has 0 saturated heterocycles. The minimum Gasteiger partial charge on any atom is -0.495 e. The second-order valence-electron chi connectivity index (χ2n) is 6.86. The van der Waals surface area contributed by atoms with E-state index in [1.807, 2.05) is 6.92 Å². The number of carbonyl (C=O) groups excluding carboxylic acids is 1. The van der Waals surface area contributed by atoms with Crippen molar-refractivity contribution in [1.29, 1.82) is 0 Å². The highest BCUT2D eigenvalue weighted by Crippen LogP contribution is 2.37. The molecule has 8 heteroatoms. The van der Waals surface area contributed by atoms with E-state index in [4.69, 9.17) is 4.74 Å². The number of methoxy groups -OCH3 is 1. The molecule has 0 unspecified atom stereocenters. The highest BCUT2D eigenvalue weighted by molar-refractivity contribution is 6.35. The molecule has 0 spiro atoms. The van der Waals surface area contributed by atoms with Crippen LogP contribution in [0.1, 0.15) is 30.7 Å². The lowest BCUT2D eigenvalue weighted by Crippen LogP contribution is -2.46. The molecule has 5 N–H and O–H groups in total. The number of anilines is 1. The van der Waals surface area contributed by atoms with Crippen LogP contribution in [0.15, 0.2) is 24.4 Å². The average molecular weight is 413 g/mol. The quantitative estimate of drug-likeness (QED) is 0.366. The Bertz CT molecular complexity index is 1030. The van der Waals surface area contributed by atoms with E-state index in [9.17, 15) is 19.4 Å². The third-order valence-electron chi connectivity index (χ3n) is 4.81. The summed E-state index contributed by atoms with van der Waals surface area (Å²) in [6.07, 6.45) is 1.14. The zero-order valence-electron chi connectivity index (χ0n) is 16.9. The largest absolute Gasteiger partial charge is 0.495 e. The van der Waals surface area contributed by atoms with Crippen LogP contribution in [0, 0.1) is 17.7 Å². The number of fused-ring (bicyclic) bond motifs is 1. The minimum atomic E-state index is -1.23. The highest BCUT2D eigenvalue weighted by atomic mass is 19.1. The summed E-state index contributed by atoms with van der Waals surface area (Å²) in [5.41, 5.74) is 1.51. The number of aromatic amines is 1. The first-order valence-corrected chi connectivity index (χ1v) is 9.55. The fourth-order valence-electron chi connectivity index (χ4n) is 3.35. The molecule has 1 aliphatic rings. The van der Waals surface area contributed by atoms with Crippen LogP contribution in [-0.4, -0.2) is 53.0 Å². The minimum absolute atomic E-state index is 0.0116. The van der Waals surface area contributed by atoms with Gasteiger partial charge in [-0.2, -0.15) is 0 Å². The maximum Gasteiger partial charge on any atom is 0.256 e. The molecule has 0 radical (unpaired) electrons. The molecular weight excluding hydrogens is 389 g/mol. The number of ether oxygens (including phenoxy) is 1. The van der Waals surface area contributed by atoms with Gasteiger partial charge in [0.2, 0.25) is 0 Å². The van der Waals surface area contributed by atoms with Gasteiger partial charge < -0.3 is 30.6 Å². The van der Waals surface area contributed by atoms with Crippen molar-refractivity contribution in [2.24, 2.45) is 0 Å². The van der Waals surface area contributed by atoms with Gasteiger partial charge >= 0.3 is 0 Å². The van der Waals surface area contributed by atoms with E-state index in [0.29, 0.717) is 29.2 Å². The molecule has 1 aromatic heterocycles. The number of halogens is 1. The Morgan fingerprint density at radius 2 is 2.10 bits per heavy atom. The Kier molecular flexibility index (Phi) is 6.57. The molecule has 1 aliphatic heterocycles. The van der Waals surface area contributed by atoms with E-state index in [1.165, 1.54) is 26.2 Å². The van der Waals surface area contributed by atoms with Crippen molar-refractivity contribution in [3.8, 4) is 17.6 Å². The maximum absolute atomic E-state index is 14.7. The molecule has 0 saturated carbocycles. The number of benzene rings is 1. The molecule has 7 nitrogen and oxygen atoms in total. The first-order valence-electron chi connectivity index (χ1n) is 9.55. The number of rotatable bonds is 6. The number of carbonyl (C=O) groups is 1. The van der Waals surface area contributed by atoms with Crippen LogP contribution in [-0.2, 0) is 4.79 Å². The summed E-state index contributed by atoms with van der Waals surface area (Å²) in [6, 6.07) is 3.69. The first kappa shape index (κ1) is 21.6. The summed E-state index contributed by atoms with van der Waals surface area (Å²) < 4.78 is 19.9. The molecule has 1 aromatic carbocycles. The van der Waals surface area contributed by atoms with Crippen molar-refractivity contribution in [3.05, 3.63) is 47.0 Å². The second kappa shape index (κ2) is 9.13. The summed E-state index contributed by atoms with van der Waals surface area (Å²) >= 11 is 0. The number of hydrogen-bond donors (Lipinski definition) is 5. The fourth-order valence-corrected chi connectivity index (χ4v) is 3.35. The average Bonchev–Trinajstić information content (AvgIpc) is 3.29. The standard InChI is InChI=1S/C22H24FN3O4/c1-4-24-21(12(2)27)18(28)8-5-13-15(23)6-7-16-20(13)14(22(29)26-16)11-17-19(30-3)9-10-25-17/h6-7,9-12,18,21,24-25,27-28H,4H2,1-3H3,(H,26,29)/b14-11-/t12-,18-,21+/m1/s1. The van der Waals surface area contributed by atoms with E-state index in [0.717, 1.165) is 0 Å². The molecular formula is C22H24FN3O4. The molecule has 3 atom stereocenters. The SMILES string of the molecule is CCN[C@H]([C@H](O)C#Cc1c(F)ccc2c1/C(=C/c1[nH]ccc1OC)C(=O)N2)[C@@H](C)O. The number of aromatic nitrogens is 1. The van der Waals surface area contributed by atoms with Crippen LogP contribution in [0.3, 0.4) is 0 Å². The lowest BCUT2D eigenvalue weighted by Gasteiger charge is -2.22. The van der Waals surface area contributed by atoms with Gasteiger partial charge in [0, 0.05) is 11.8 Å². The number of amides is 1. The molecule has 0 fully saturated rings. The van der Waals surface area contributed by atoms with Gasteiger partial charge in [-0.05, 0) is 37.7 Å². The monoisotopic (exact) mass is 413 g/mol. The lowest BCUT2D eigenvalue weighted by atomic mass is 9.98. The zero-order chi connectivity index (χ0) is 21.8. The maximum atomic E-state index is 14.7. The Morgan fingerprint density at radius 3 is 2.77 bits per heavy atom. The van der Waals surface area contributed by atoms with E-state index in [-0.39, 0.29) is 11.1 Å². The Morgan fingerprint density at radius 1 is 1.33 bits per heavy atom. The molecule has 2 aromatic rings. The fraction of sp³-hybridized carbons (Fsp3) is 0.318. The van der Waals surface area contributed by atoms with E-state index < -0.39 is 30.0 Å². The number of hydrogen-bond acceptors (Lipinski definition) is 5. The molecule has 3 rings (SSSR count). The van der Waals surface area contributed by atoms with E-state index in [2.05, 4.69) is 27.5 Å². The van der Waals surface area contributed by atoms with Gasteiger partial charge in [-0.1, -0.05) is 18.8 Å². The van der Waals surface area contributed by atoms with E-state index >= 15 is 0 Å². The van der Waals surface area contributed by atoms with Crippen LogP contribution in [0.2, 0.25) is 0 Å². The van der Waals surface area contributed by atoms with E-state index in [1.54, 1.807) is 18.3 Å². The number of likely N-dealkylation sites (N-methyl/N-ethyl adjacent to an activating group) is 1. The number of H-pyrrole nitrogens is 1. The molecule has 0 bridgehead atoms. The number of aliphatic hydroxyl groups excluding tert-OH is 2. The van der Waals surface area contributed by atoms with Gasteiger partial charge in [0.15, 0.2) is 0 Å². The molecule has 2 heterocycles. The predicted octanol–water partition coefficient (Wildman–Crippen LogP) is 1.73. The summed E-state index contributed by atoms with van der Waals surface area (Å²) in [5, 5.41) is 25.9. The first-order chi connectivity index (χ1) is 14.4. The summed E-state index contributed by atoms with van der Waals surface area (Å²) in [7, 11) is 1.51. The van der Waals surface area contributed by atoms with Crippen molar-refractivity contribution in [1.82, 2.24) is 10.3 Å². The topological polar surface area (TPSA) is 107 Å². The van der Waals surface area contributed by atoms with Crippen molar-refractivity contribution in [2.45, 2.75) is 32.1 Å². The molecule has 0 aliphatic carbocycles. The Labute approximate surface area is 174 Å². The zero-order valence-corrected chi connectivity index (χ0v) is 16.9. The van der Waals surface area contributed by atoms with Crippen molar-refractivity contribution in [3.63, 3.8) is 0 Å². The molecule has 158 valence electrons. The second-order valence-corrected chi connectivity index (χ2v) is 6.86. The molecule has 1 amide bonds. The lowest BCUT2D eigenvalue weighted by molar-refractivity contribution is -0.110. The highest BCUT2D eigenvalue weighted by Gasteiger charge is 2.29. The van der Waals surface area contributed by atoms with Crippen LogP contribution in [0.4, 0.5) is 10.1 Å². The van der Waals surface area contributed by atoms with Gasteiger partial charge in [0.25, 0.3) is 5.91 Å². The molecule has 30 heavy (non-hydrogen) atoms. The van der Waals surface area contributed by atoms with Crippen LogP contribution in [0.5, 0.6) is 5.75 Å². The normalized spacial score (nSPS) is 17.0. The predicted molar refractivity (Wildman–Crippen MR) is 112 cm³/mol. The van der Waals surface area contributed by atoms with Gasteiger partial charge in [0.1, 0.15) is 17.7 Å². The van der Waals surface area contributed by atoms with Crippen molar-refractivity contribution in [2.75, 3.05) is 19.0 Å². The number of nitrogens with one attached hydrogen (secondary N) is 3. The summed E-state index contributed by atoms with van der Waals surface area (Å²) in [6.45, 7) is 3.89. The van der Waals surface area contributed by atoms with Crippen molar-refractivity contribution < 1.29 is 24.1 Å². The van der Waals surface area contributed by atoms with Gasteiger partial charge in [0.05, 0.1) is 41.8 Å². The summed E-state index contributed by atoms with van der Waals surface area (Å²) in [4.78, 5) is 15.5. The van der Waals surface area contributed by atoms with Crippen LogP contribution >= 0.6 is 0 Å². The smallest absolute Gasteiger partial charge is 0.256 e. The Balaban J connectivity index is 2.06. The Hall–Kier alpha value is -3.12. The third kappa shape index (κ3) is 4.24. The van der Waals surface area contributed by atoms with Crippen LogP contribution < -0.4 is 15.4 Å². The van der Waals surface area contributed by atoms with Crippen molar-refractivity contribution >= 4 is 23.2 Å². The van der Waals surface area contributed by atoms with Gasteiger partial charge in [-0.3, -0.25) is 4.79 Å². The third-order valence-corrected chi connectivity index (χ3v) is 4.81. The van der Waals surface area contributed by atoms with Gasteiger partial charge in [-0.15, -0.1) is 0 Å². The van der Waals surface area contributed by atoms with Gasteiger partial charge in [-0.25, -0.2) is 4.39 Å².